The van der Waals surface area contributed by atoms with E-state index in [0.717, 1.165) is 0 Å². The molecule has 176 valence electrons. The van der Waals surface area contributed by atoms with E-state index in [4.69, 9.17) is 4.74 Å². The van der Waals surface area contributed by atoms with Gasteiger partial charge in [-0.25, -0.2) is 9.37 Å². The first kappa shape index (κ1) is 22.7. The summed E-state index contributed by atoms with van der Waals surface area (Å²) in [4.78, 5) is 42.1. The van der Waals surface area contributed by atoms with Gasteiger partial charge in [0.1, 0.15) is 18.5 Å². The number of carbonyl (C=O) groups excluding carboxylic acids is 2. The number of aldehydes is 1. The second-order valence-electron chi connectivity index (χ2n) is 8.11. The standard InChI is InChI=1S/C23H20FN3O6S/c1-33-8-13-11(17(30)6-28)4-16-22-12(5-27(16)23(13)32)20-15(25-19(31)7-29)9-34-18-3-10(24)2-14(26-22)21(18)20/h2-4,6,15,17,29-30H,5,7-9H2,1H3,(H,25,31). The van der Waals surface area contributed by atoms with E-state index in [1.54, 1.807) is 0 Å². The average molecular weight is 485 g/mol. The van der Waals surface area contributed by atoms with Gasteiger partial charge in [-0.1, -0.05) is 0 Å². The summed E-state index contributed by atoms with van der Waals surface area (Å²) in [6, 6.07) is 3.75. The van der Waals surface area contributed by atoms with E-state index in [-0.39, 0.29) is 24.3 Å². The molecule has 2 atom stereocenters. The topological polar surface area (TPSA) is 131 Å². The number of amides is 1. The minimum absolute atomic E-state index is 0.0981. The smallest absolute Gasteiger partial charge is 0.257 e. The maximum absolute atomic E-state index is 14.4. The number of rotatable bonds is 6. The van der Waals surface area contributed by atoms with E-state index < -0.39 is 36.0 Å². The van der Waals surface area contributed by atoms with Crippen LogP contribution in [0.3, 0.4) is 0 Å². The Labute approximate surface area is 196 Å². The number of benzene rings is 1. The fourth-order valence-electron chi connectivity index (χ4n) is 4.72. The molecule has 0 radical (unpaired) electrons. The summed E-state index contributed by atoms with van der Waals surface area (Å²) in [5.74, 6) is -0.612. The lowest BCUT2D eigenvalue weighted by atomic mass is 9.94. The van der Waals surface area contributed by atoms with E-state index in [9.17, 15) is 29.0 Å². The number of aliphatic hydroxyl groups is 2. The summed E-state index contributed by atoms with van der Waals surface area (Å²) < 4.78 is 21.0. The van der Waals surface area contributed by atoms with E-state index in [1.807, 2.05) is 0 Å². The van der Waals surface area contributed by atoms with Crippen molar-refractivity contribution < 1.29 is 28.9 Å². The fraction of sp³-hybridized carbons (Fsp3) is 0.304. The third kappa shape index (κ3) is 3.43. The number of aliphatic hydroxyl groups excluding tert-OH is 2. The van der Waals surface area contributed by atoms with Crippen molar-refractivity contribution in [2.75, 3.05) is 19.5 Å². The van der Waals surface area contributed by atoms with Crippen molar-refractivity contribution in [2.45, 2.75) is 30.2 Å². The lowest BCUT2D eigenvalue weighted by Crippen LogP contribution is -2.34. The van der Waals surface area contributed by atoms with Gasteiger partial charge in [-0.2, -0.15) is 0 Å². The molecule has 5 rings (SSSR count). The predicted molar refractivity (Wildman–Crippen MR) is 121 cm³/mol. The molecule has 1 amide bonds. The van der Waals surface area contributed by atoms with Crippen LogP contribution in [0.1, 0.15) is 34.4 Å². The van der Waals surface area contributed by atoms with Crippen molar-refractivity contribution in [1.29, 1.82) is 0 Å². The van der Waals surface area contributed by atoms with Crippen LogP contribution in [-0.4, -0.2) is 51.4 Å². The molecule has 0 aliphatic carbocycles. The number of nitrogens with zero attached hydrogens (tertiary/aromatic N) is 2. The van der Waals surface area contributed by atoms with Crippen LogP contribution in [0.2, 0.25) is 0 Å². The quantitative estimate of drug-likeness (QED) is 0.347. The van der Waals surface area contributed by atoms with Gasteiger partial charge in [-0.15, -0.1) is 11.8 Å². The summed E-state index contributed by atoms with van der Waals surface area (Å²) in [5, 5.41) is 23.0. The van der Waals surface area contributed by atoms with Gasteiger partial charge in [0.05, 0.1) is 36.1 Å². The number of hydrogen-bond donors (Lipinski definition) is 3. The predicted octanol–water partition coefficient (Wildman–Crippen LogP) is 1.20. The molecule has 0 spiro atoms. The Hall–Kier alpha value is -3.12. The molecular weight excluding hydrogens is 465 g/mol. The molecule has 3 aromatic rings. The minimum atomic E-state index is -1.52. The van der Waals surface area contributed by atoms with Gasteiger partial charge in [-0.05, 0) is 17.7 Å². The Kier molecular flexibility index (Phi) is 5.72. The lowest BCUT2D eigenvalue weighted by Gasteiger charge is -2.28. The van der Waals surface area contributed by atoms with Gasteiger partial charge in [0.2, 0.25) is 5.91 Å². The molecule has 0 bridgehead atoms. The Morgan fingerprint density at radius 2 is 2.24 bits per heavy atom. The van der Waals surface area contributed by atoms with Gasteiger partial charge in [0.25, 0.3) is 5.56 Å². The highest BCUT2D eigenvalue weighted by Crippen LogP contribution is 2.46. The number of methoxy groups -OCH3 is 1. The zero-order valence-electron chi connectivity index (χ0n) is 18.0. The zero-order chi connectivity index (χ0) is 24.1. The second kappa shape index (κ2) is 8.58. The van der Waals surface area contributed by atoms with Crippen LogP contribution in [0, 0.1) is 5.82 Å². The molecule has 1 aromatic carbocycles. The third-order valence-corrected chi connectivity index (χ3v) is 7.25. The van der Waals surface area contributed by atoms with Crippen molar-refractivity contribution in [3.63, 3.8) is 0 Å². The highest BCUT2D eigenvalue weighted by Gasteiger charge is 2.35. The number of nitrogens with one attached hydrogen (secondary N) is 1. The number of ether oxygens (including phenoxy) is 1. The lowest BCUT2D eigenvalue weighted by molar-refractivity contribution is -0.124. The number of halogens is 1. The van der Waals surface area contributed by atoms with E-state index in [2.05, 4.69) is 10.3 Å². The SMILES string of the molecule is COCc1c(C(O)C=O)cc2n(c1=O)Cc1c-2nc2cc(F)cc3c2c1C(NC(=O)CO)CS3. The molecule has 0 fully saturated rings. The third-order valence-electron chi connectivity index (χ3n) is 6.12. The van der Waals surface area contributed by atoms with Gasteiger partial charge in [0.15, 0.2) is 6.29 Å². The van der Waals surface area contributed by atoms with Crippen LogP contribution in [0.25, 0.3) is 22.3 Å². The minimum Gasteiger partial charge on any atom is -0.387 e. The Morgan fingerprint density at radius 3 is 2.94 bits per heavy atom. The number of pyridine rings is 2. The van der Waals surface area contributed by atoms with Crippen LogP contribution in [-0.2, 0) is 27.5 Å². The molecule has 4 heterocycles. The van der Waals surface area contributed by atoms with E-state index in [1.165, 1.54) is 41.6 Å². The molecule has 2 unspecified atom stereocenters. The zero-order valence-corrected chi connectivity index (χ0v) is 18.8. The van der Waals surface area contributed by atoms with Crippen LogP contribution >= 0.6 is 11.8 Å². The Bertz CT molecular complexity index is 1420. The van der Waals surface area contributed by atoms with Gasteiger partial charge < -0.3 is 29.6 Å². The number of fused-ring (bicyclic) bond motifs is 4. The summed E-state index contributed by atoms with van der Waals surface area (Å²) in [7, 11) is 1.41. The number of carbonyl (C=O) groups is 2. The van der Waals surface area contributed by atoms with Crippen LogP contribution in [0.5, 0.6) is 0 Å². The first-order chi connectivity index (χ1) is 16.4. The average Bonchev–Trinajstić information content (AvgIpc) is 3.19. The molecule has 2 aliphatic rings. The first-order valence-electron chi connectivity index (χ1n) is 10.5. The molecule has 2 aliphatic heterocycles. The van der Waals surface area contributed by atoms with E-state index in [0.29, 0.717) is 50.4 Å². The molecule has 0 saturated heterocycles. The van der Waals surface area contributed by atoms with Crippen molar-refractivity contribution in [1.82, 2.24) is 14.9 Å². The van der Waals surface area contributed by atoms with Crippen molar-refractivity contribution >= 4 is 34.9 Å². The number of aromatic nitrogens is 2. The molecule has 11 heteroatoms. The number of hydrogen-bond acceptors (Lipinski definition) is 8. The van der Waals surface area contributed by atoms with E-state index >= 15 is 0 Å². The maximum atomic E-state index is 14.4. The summed E-state index contributed by atoms with van der Waals surface area (Å²) in [6.07, 6.45) is -1.19. The van der Waals surface area contributed by atoms with Gasteiger partial charge >= 0.3 is 0 Å². The monoisotopic (exact) mass is 485 g/mol. The van der Waals surface area contributed by atoms with Crippen molar-refractivity contribution in [2.24, 2.45) is 0 Å². The van der Waals surface area contributed by atoms with Crippen molar-refractivity contribution in [3.8, 4) is 11.4 Å². The summed E-state index contributed by atoms with van der Waals surface area (Å²) >= 11 is 1.37. The normalized spacial score (nSPS) is 16.8. The molecule has 0 saturated carbocycles. The van der Waals surface area contributed by atoms with Crippen LogP contribution < -0.4 is 10.9 Å². The molecular formula is C23H20FN3O6S. The van der Waals surface area contributed by atoms with Crippen molar-refractivity contribution in [3.05, 3.63) is 56.6 Å². The second-order valence-corrected chi connectivity index (χ2v) is 9.17. The van der Waals surface area contributed by atoms with Gasteiger partial charge in [-0.3, -0.25) is 9.59 Å². The highest BCUT2D eigenvalue weighted by molar-refractivity contribution is 7.99. The number of thioether (sulfide) groups is 1. The molecule has 2 aromatic heterocycles. The first-order valence-corrected chi connectivity index (χ1v) is 11.4. The van der Waals surface area contributed by atoms with Gasteiger partial charge in [0, 0.05) is 45.9 Å². The van der Waals surface area contributed by atoms with Crippen LogP contribution in [0.15, 0.2) is 27.9 Å². The Morgan fingerprint density at radius 1 is 1.44 bits per heavy atom. The maximum Gasteiger partial charge on any atom is 0.257 e. The Balaban J connectivity index is 1.81. The summed E-state index contributed by atoms with van der Waals surface area (Å²) in [6.45, 7) is -0.636. The molecule has 3 N–H and O–H groups in total. The fourth-order valence-corrected chi connectivity index (χ4v) is 5.87. The largest absolute Gasteiger partial charge is 0.387 e. The molecule has 9 nitrogen and oxygen atoms in total. The molecule has 34 heavy (non-hydrogen) atoms. The highest BCUT2D eigenvalue weighted by atomic mass is 32.2. The summed E-state index contributed by atoms with van der Waals surface area (Å²) in [5.41, 5.74) is 2.39. The van der Waals surface area contributed by atoms with Crippen LogP contribution in [0.4, 0.5) is 4.39 Å².